The van der Waals surface area contributed by atoms with Crippen LogP contribution in [0.1, 0.15) is 18.9 Å². The summed E-state index contributed by atoms with van der Waals surface area (Å²) < 4.78 is 5.95. The Morgan fingerprint density at radius 1 is 1.38 bits per heavy atom. The first-order valence-corrected chi connectivity index (χ1v) is 5.87. The smallest absolute Gasteiger partial charge is 0.119 e. The molecule has 1 aromatic rings. The van der Waals surface area contributed by atoms with Crippen molar-refractivity contribution in [1.82, 2.24) is 5.32 Å². The fourth-order valence-electron chi connectivity index (χ4n) is 2.01. The highest BCUT2D eigenvalue weighted by Crippen LogP contribution is 2.20. The number of ether oxygens (including phenoxy) is 1. The maximum Gasteiger partial charge on any atom is 0.119 e. The van der Waals surface area contributed by atoms with Crippen molar-refractivity contribution in [2.75, 3.05) is 13.1 Å². The molecule has 2 atom stereocenters. The molecule has 3 heteroatoms. The lowest BCUT2D eigenvalue weighted by molar-refractivity contribution is 0.112. The summed E-state index contributed by atoms with van der Waals surface area (Å²) in [5.74, 6) is 1.45. The second-order valence-corrected chi connectivity index (χ2v) is 4.43. The Morgan fingerprint density at radius 3 is 2.75 bits per heavy atom. The fraction of sp³-hybridized carbons (Fsp3) is 0.538. The third kappa shape index (κ3) is 2.74. The molecule has 16 heavy (non-hydrogen) atoms. The minimum Gasteiger partial charge on any atom is -0.490 e. The lowest BCUT2D eigenvalue weighted by Crippen LogP contribution is -2.41. The summed E-state index contributed by atoms with van der Waals surface area (Å²) in [7, 11) is 0. The standard InChI is InChI=1S/C13H19NO2/c1-10-8-14-7-6-13(10)16-12-4-2-11(9-15)3-5-12/h2-5,10,13-15H,6-9H2,1H3. The van der Waals surface area contributed by atoms with E-state index in [0.717, 1.165) is 30.8 Å². The van der Waals surface area contributed by atoms with Gasteiger partial charge in [0, 0.05) is 12.5 Å². The van der Waals surface area contributed by atoms with Crippen LogP contribution in [0.15, 0.2) is 24.3 Å². The quantitative estimate of drug-likeness (QED) is 0.814. The highest BCUT2D eigenvalue weighted by Gasteiger charge is 2.22. The van der Waals surface area contributed by atoms with Gasteiger partial charge < -0.3 is 15.2 Å². The van der Waals surface area contributed by atoms with Gasteiger partial charge in [-0.1, -0.05) is 19.1 Å². The van der Waals surface area contributed by atoms with E-state index in [1.54, 1.807) is 0 Å². The van der Waals surface area contributed by atoms with Crippen molar-refractivity contribution in [2.24, 2.45) is 5.92 Å². The van der Waals surface area contributed by atoms with Crippen molar-refractivity contribution in [2.45, 2.75) is 26.1 Å². The molecule has 2 unspecified atom stereocenters. The zero-order chi connectivity index (χ0) is 11.4. The van der Waals surface area contributed by atoms with Crippen molar-refractivity contribution in [3.63, 3.8) is 0 Å². The molecule has 0 radical (unpaired) electrons. The Kier molecular flexibility index (Phi) is 3.80. The molecule has 2 rings (SSSR count). The minimum absolute atomic E-state index is 0.0873. The third-order valence-electron chi connectivity index (χ3n) is 3.10. The van der Waals surface area contributed by atoms with Gasteiger partial charge >= 0.3 is 0 Å². The summed E-state index contributed by atoms with van der Waals surface area (Å²) in [4.78, 5) is 0. The predicted octanol–water partition coefficient (Wildman–Crippen LogP) is 1.56. The average molecular weight is 221 g/mol. The largest absolute Gasteiger partial charge is 0.490 e. The maximum atomic E-state index is 8.94. The first-order valence-electron chi connectivity index (χ1n) is 5.87. The van der Waals surface area contributed by atoms with Gasteiger partial charge in [-0.15, -0.1) is 0 Å². The number of nitrogens with one attached hydrogen (secondary N) is 1. The highest BCUT2D eigenvalue weighted by atomic mass is 16.5. The van der Waals surface area contributed by atoms with E-state index in [1.165, 1.54) is 0 Å². The Morgan fingerprint density at radius 2 is 2.12 bits per heavy atom. The molecule has 2 N–H and O–H groups in total. The molecule has 0 aliphatic carbocycles. The molecule has 0 amide bonds. The van der Waals surface area contributed by atoms with Gasteiger partial charge in [0.2, 0.25) is 0 Å². The van der Waals surface area contributed by atoms with Crippen LogP contribution >= 0.6 is 0 Å². The van der Waals surface area contributed by atoms with E-state index in [1.807, 2.05) is 24.3 Å². The molecule has 1 aliphatic rings. The molecule has 0 spiro atoms. The molecular weight excluding hydrogens is 202 g/mol. The van der Waals surface area contributed by atoms with Crippen LogP contribution in [0, 0.1) is 5.92 Å². The molecule has 1 fully saturated rings. The predicted molar refractivity (Wildman–Crippen MR) is 63.4 cm³/mol. The van der Waals surface area contributed by atoms with Gasteiger partial charge in [0.15, 0.2) is 0 Å². The van der Waals surface area contributed by atoms with Crippen LogP contribution in [0.25, 0.3) is 0 Å². The van der Waals surface area contributed by atoms with Gasteiger partial charge in [-0.05, 0) is 30.7 Å². The van der Waals surface area contributed by atoms with Crippen molar-refractivity contribution >= 4 is 0 Å². The number of hydrogen-bond acceptors (Lipinski definition) is 3. The van der Waals surface area contributed by atoms with Crippen LogP contribution in [-0.2, 0) is 6.61 Å². The van der Waals surface area contributed by atoms with E-state index in [0.29, 0.717) is 12.0 Å². The molecule has 1 saturated heterocycles. The summed E-state index contributed by atoms with van der Waals surface area (Å²) >= 11 is 0. The van der Waals surface area contributed by atoms with E-state index >= 15 is 0 Å². The SMILES string of the molecule is CC1CNCCC1Oc1ccc(CO)cc1. The number of piperidine rings is 1. The van der Waals surface area contributed by atoms with Crippen molar-refractivity contribution in [3.8, 4) is 5.75 Å². The average Bonchev–Trinajstić information content (AvgIpc) is 2.33. The van der Waals surface area contributed by atoms with Crippen LogP contribution < -0.4 is 10.1 Å². The van der Waals surface area contributed by atoms with Crippen molar-refractivity contribution in [3.05, 3.63) is 29.8 Å². The number of rotatable bonds is 3. The van der Waals surface area contributed by atoms with Gasteiger partial charge in [0.05, 0.1) is 6.61 Å². The summed E-state index contributed by atoms with van der Waals surface area (Å²) in [5.41, 5.74) is 0.922. The molecule has 1 heterocycles. The van der Waals surface area contributed by atoms with Crippen molar-refractivity contribution < 1.29 is 9.84 Å². The molecular formula is C13H19NO2. The zero-order valence-corrected chi connectivity index (χ0v) is 9.65. The topological polar surface area (TPSA) is 41.5 Å². The van der Waals surface area contributed by atoms with Crippen LogP contribution in [0.4, 0.5) is 0 Å². The molecule has 88 valence electrons. The number of aliphatic hydroxyl groups is 1. The van der Waals surface area contributed by atoms with E-state index in [9.17, 15) is 0 Å². The van der Waals surface area contributed by atoms with E-state index < -0.39 is 0 Å². The van der Waals surface area contributed by atoms with Gasteiger partial charge in [-0.2, -0.15) is 0 Å². The number of aliphatic hydroxyl groups excluding tert-OH is 1. The lowest BCUT2D eigenvalue weighted by atomic mass is 9.98. The van der Waals surface area contributed by atoms with Crippen LogP contribution in [-0.4, -0.2) is 24.3 Å². The second kappa shape index (κ2) is 5.32. The Labute approximate surface area is 96.4 Å². The zero-order valence-electron chi connectivity index (χ0n) is 9.65. The fourth-order valence-corrected chi connectivity index (χ4v) is 2.01. The van der Waals surface area contributed by atoms with Gasteiger partial charge in [-0.25, -0.2) is 0 Å². The summed E-state index contributed by atoms with van der Waals surface area (Å²) in [6, 6.07) is 7.67. The first kappa shape index (κ1) is 11.4. The highest BCUT2D eigenvalue weighted by molar-refractivity contribution is 5.27. The van der Waals surface area contributed by atoms with Gasteiger partial charge in [-0.3, -0.25) is 0 Å². The van der Waals surface area contributed by atoms with Crippen LogP contribution in [0.2, 0.25) is 0 Å². The van der Waals surface area contributed by atoms with E-state index in [-0.39, 0.29) is 6.61 Å². The van der Waals surface area contributed by atoms with Gasteiger partial charge in [0.1, 0.15) is 11.9 Å². The molecule has 3 nitrogen and oxygen atoms in total. The third-order valence-corrected chi connectivity index (χ3v) is 3.10. The Bertz CT molecular complexity index is 323. The summed E-state index contributed by atoms with van der Waals surface area (Å²) in [6.45, 7) is 4.35. The first-order chi connectivity index (χ1) is 7.79. The van der Waals surface area contributed by atoms with Crippen LogP contribution in [0.3, 0.4) is 0 Å². The Balaban J connectivity index is 1.96. The van der Waals surface area contributed by atoms with Crippen molar-refractivity contribution in [1.29, 1.82) is 0 Å². The molecule has 0 saturated carbocycles. The lowest BCUT2D eigenvalue weighted by Gasteiger charge is -2.30. The maximum absolute atomic E-state index is 8.94. The number of benzene rings is 1. The van der Waals surface area contributed by atoms with E-state index in [2.05, 4.69) is 12.2 Å². The monoisotopic (exact) mass is 221 g/mol. The van der Waals surface area contributed by atoms with E-state index in [4.69, 9.17) is 9.84 Å². The summed E-state index contributed by atoms with van der Waals surface area (Å²) in [5, 5.41) is 12.3. The minimum atomic E-state index is 0.0873. The molecule has 0 bridgehead atoms. The second-order valence-electron chi connectivity index (χ2n) is 4.43. The summed E-state index contributed by atoms with van der Waals surface area (Å²) in [6.07, 6.45) is 1.37. The molecule has 0 aromatic heterocycles. The molecule has 1 aromatic carbocycles. The molecule has 1 aliphatic heterocycles. The van der Waals surface area contributed by atoms with Crippen LogP contribution in [0.5, 0.6) is 5.75 Å². The normalized spacial score (nSPS) is 25.4. The Hall–Kier alpha value is -1.06. The number of hydrogen-bond donors (Lipinski definition) is 2. The van der Waals surface area contributed by atoms with Gasteiger partial charge in [0.25, 0.3) is 0 Å².